The summed E-state index contributed by atoms with van der Waals surface area (Å²) in [6, 6.07) is 27.1. The second kappa shape index (κ2) is 8.71. The van der Waals surface area contributed by atoms with Crippen LogP contribution >= 0.6 is 11.3 Å². The maximum Gasteiger partial charge on any atom is 0.271 e. The summed E-state index contributed by atoms with van der Waals surface area (Å²) in [7, 11) is 0. The Hall–Kier alpha value is -4.22. The number of hydrogen-bond donors (Lipinski definition) is 0. The number of thiazole rings is 1. The Morgan fingerprint density at radius 1 is 0.973 bits per heavy atom. The predicted molar refractivity (Wildman–Crippen MR) is 151 cm³/mol. The van der Waals surface area contributed by atoms with Crippen LogP contribution in [0.2, 0.25) is 0 Å². The van der Waals surface area contributed by atoms with Gasteiger partial charge in [0.1, 0.15) is 0 Å². The van der Waals surface area contributed by atoms with Crippen molar-refractivity contribution in [2.45, 2.75) is 25.4 Å². The third-order valence-electron chi connectivity index (χ3n) is 7.42. The van der Waals surface area contributed by atoms with Gasteiger partial charge in [0, 0.05) is 34.8 Å². The minimum Gasteiger partial charge on any atom is -0.343 e. The van der Waals surface area contributed by atoms with Gasteiger partial charge in [0.15, 0.2) is 4.80 Å². The first-order chi connectivity index (χ1) is 18.2. The minimum atomic E-state index is -0.148. The monoisotopic (exact) mass is 499 g/mol. The average Bonchev–Trinajstić information content (AvgIpc) is 3.45. The van der Waals surface area contributed by atoms with Crippen LogP contribution in [0.1, 0.15) is 34.7 Å². The molecule has 3 heterocycles. The van der Waals surface area contributed by atoms with E-state index in [0.717, 1.165) is 51.9 Å². The molecule has 2 aliphatic rings. The van der Waals surface area contributed by atoms with Crippen molar-refractivity contribution in [3.63, 3.8) is 0 Å². The molecule has 7 rings (SSSR count). The van der Waals surface area contributed by atoms with Crippen molar-refractivity contribution in [2.24, 2.45) is 4.99 Å². The number of nitrogens with zero attached hydrogens (tertiary/aromatic N) is 3. The molecule has 0 fully saturated rings. The molecule has 0 bridgehead atoms. The SMILES string of the molecule is C=CCn1cc(/C=c2/sc3n(c2=O)[C@@H](c2ccccc2)C2=C(N=3)c3ccccc3CC2)c2ccccc21. The molecule has 0 saturated heterocycles. The molecule has 0 radical (unpaired) electrons. The number of rotatable bonds is 4. The number of aromatic nitrogens is 2. The first-order valence-corrected chi connectivity index (χ1v) is 13.4. The highest BCUT2D eigenvalue weighted by atomic mass is 32.1. The Balaban J connectivity index is 1.49. The van der Waals surface area contributed by atoms with Gasteiger partial charge >= 0.3 is 0 Å². The molecule has 2 aromatic heterocycles. The molecule has 1 aliphatic carbocycles. The quantitative estimate of drug-likeness (QED) is 0.303. The lowest BCUT2D eigenvalue weighted by molar-refractivity contribution is 0.585. The zero-order valence-electron chi connectivity index (χ0n) is 20.3. The van der Waals surface area contributed by atoms with Crippen molar-refractivity contribution in [3.05, 3.63) is 145 Å². The molecule has 1 atom stereocenters. The van der Waals surface area contributed by atoms with Gasteiger partial charge in [-0.2, -0.15) is 0 Å². The molecule has 5 aromatic rings. The molecule has 3 aromatic carbocycles. The van der Waals surface area contributed by atoms with Crippen LogP contribution < -0.4 is 14.9 Å². The van der Waals surface area contributed by atoms with Crippen LogP contribution in [0.25, 0.3) is 22.7 Å². The van der Waals surface area contributed by atoms with Crippen LogP contribution in [0.3, 0.4) is 0 Å². The number of aryl methyl sites for hydroxylation is 1. The summed E-state index contributed by atoms with van der Waals surface area (Å²) in [6.07, 6.45) is 7.90. The molecular weight excluding hydrogens is 474 g/mol. The number of fused-ring (bicyclic) bond motifs is 4. The van der Waals surface area contributed by atoms with Crippen molar-refractivity contribution in [1.29, 1.82) is 0 Å². The van der Waals surface area contributed by atoms with Crippen LogP contribution in [0, 0.1) is 0 Å². The lowest BCUT2D eigenvalue weighted by Crippen LogP contribution is -2.38. The highest BCUT2D eigenvalue weighted by molar-refractivity contribution is 7.07. The van der Waals surface area contributed by atoms with Crippen LogP contribution in [0.5, 0.6) is 0 Å². The van der Waals surface area contributed by atoms with E-state index in [1.54, 1.807) is 0 Å². The highest BCUT2D eigenvalue weighted by Crippen LogP contribution is 2.41. The maximum atomic E-state index is 14.0. The summed E-state index contributed by atoms with van der Waals surface area (Å²) in [4.78, 5) is 19.9. The normalized spacial score (nSPS) is 16.8. The second-order valence-corrected chi connectivity index (χ2v) is 10.6. The minimum absolute atomic E-state index is 0.0172. The van der Waals surface area contributed by atoms with Crippen LogP contribution in [-0.4, -0.2) is 9.13 Å². The van der Waals surface area contributed by atoms with Gasteiger partial charge in [0.05, 0.1) is 16.3 Å². The summed E-state index contributed by atoms with van der Waals surface area (Å²) in [5.41, 5.74) is 8.09. The molecule has 0 unspecified atom stereocenters. The fourth-order valence-electron chi connectivity index (χ4n) is 5.78. The Bertz CT molecular complexity index is 1900. The topological polar surface area (TPSA) is 39.3 Å². The van der Waals surface area contributed by atoms with Crippen LogP contribution in [0.15, 0.2) is 113 Å². The van der Waals surface area contributed by atoms with Crippen molar-refractivity contribution in [3.8, 4) is 0 Å². The van der Waals surface area contributed by atoms with E-state index in [9.17, 15) is 4.79 Å². The molecule has 1 aliphatic heterocycles. The van der Waals surface area contributed by atoms with E-state index in [1.807, 2.05) is 34.9 Å². The molecule has 0 amide bonds. The summed E-state index contributed by atoms with van der Waals surface area (Å²) in [5.74, 6) is 0. The first kappa shape index (κ1) is 22.0. The highest BCUT2D eigenvalue weighted by Gasteiger charge is 2.32. The lowest BCUT2D eigenvalue weighted by Gasteiger charge is -2.30. The summed E-state index contributed by atoms with van der Waals surface area (Å²) < 4.78 is 4.80. The predicted octanol–water partition coefficient (Wildman–Crippen LogP) is 5.46. The number of allylic oxidation sites excluding steroid dienone is 2. The molecular formula is C32H25N3OS. The summed E-state index contributed by atoms with van der Waals surface area (Å²) in [5, 5.41) is 1.13. The Kier molecular flexibility index (Phi) is 5.18. The summed E-state index contributed by atoms with van der Waals surface area (Å²) in [6.45, 7) is 4.62. The number of hydrogen-bond acceptors (Lipinski definition) is 3. The van der Waals surface area contributed by atoms with Crippen molar-refractivity contribution < 1.29 is 0 Å². The van der Waals surface area contributed by atoms with Crippen molar-refractivity contribution in [2.75, 3.05) is 0 Å². The molecule has 180 valence electrons. The Morgan fingerprint density at radius 2 is 1.76 bits per heavy atom. The van der Waals surface area contributed by atoms with Crippen molar-refractivity contribution in [1.82, 2.24) is 9.13 Å². The van der Waals surface area contributed by atoms with E-state index in [1.165, 1.54) is 28.0 Å². The van der Waals surface area contributed by atoms with Crippen LogP contribution in [0.4, 0.5) is 0 Å². The zero-order valence-corrected chi connectivity index (χ0v) is 21.1. The van der Waals surface area contributed by atoms with E-state index >= 15 is 0 Å². The van der Waals surface area contributed by atoms with E-state index in [0.29, 0.717) is 4.53 Å². The largest absolute Gasteiger partial charge is 0.343 e. The van der Waals surface area contributed by atoms with Gasteiger partial charge in [-0.3, -0.25) is 9.36 Å². The number of para-hydroxylation sites is 1. The van der Waals surface area contributed by atoms with E-state index in [4.69, 9.17) is 4.99 Å². The molecule has 0 saturated carbocycles. The zero-order chi connectivity index (χ0) is 24.9. The maximum absolute atomic E-state index is 14.0. The second-order valence-electron chi connectivity index (χ2n) is 9.57. The molecule has 0 spiro atoms. The number of benzene rings is 3. The van der Waals surface area contributed by atoms with Gasteiger partial charge in [-0.1, -0.05) is 90.2 Å². The third kappa shape index (κ3) is 3.50. The molecule has 4 nitrogen and oxygen atoms in total. The van der Waals surface area contributed by atoms with Crippen molar-refractivity contribution >= 4 is 34.0 Å². The van der Waals surface area contributed by atoms with Gasteiger partial charge in [-0.05, 0) is 41.7 Å². The fourth-order valence-corrected chi connectivity index (χ4v) is 6.77. The summed E-state index contributed by atoms with van der Waals surface area (Å²) >= 11 is 1.48. The molecule has 37 heavy (non-hydrogen) atoms. The Labute approximate surface area is 218 Å². The standard InChI is InChI=1S/C32H25N3OS/c1-2-18-34-20-23(24-13-8-9-15-27(24)34)19-28-31(36)35-30(22-11-4-3-5-12-22)26-17-16-21-10-6-7-14-25(21)29(26)33-32(35)37-28/h2-15,19-20,30H,1,16-18H2/b28-19+/t30-/m0/s1. The third-order valence-corrected chi connectivity index (χ3v) is 8.40. The average molecular weight is 500 g/mol. The first-order valence-electron chi connectivity index (χ1n) is 12.6. The van der Waals surface area contributed by atoms with E-state index in [2.05, 4.69) is 78.0 Å². The van der Waals surface area contributed by atoms with E-state index in [-0.39, 0.29) is 11.6 Å². The Morgan fingerprint density at radius 3 is 2.62 bits per heavy atom. The van der Waals surface area contributed by atoms with Gasteiger partial charge in [0.2, 0.25) is 0 Å². The lowest BCUT2D eigenvalue weighted by atomic mass is 9.83. The van der Waals surface area contributed by atoms with Crippen LogP contribution in [-0.2, 0) is 13.0 Å². The van der Waals surface area contributed by atoms with Gasteiger partial charge in [0.25, 0.3) is 5.56 Å². The van der Waals surface area contributed by atoms with Gasteiger partial charge < -0.3 is 4.57 Å². The van der Waals surface area contributed by atoms with Gasteiger partial charge in [-0.15, -0.1) is 6.58 Å². The van der Waals surface area contributed by atoms with E-state index < -0.39 is 0 Å². The molecule has 0 N–H and O–H groups in total. The molecule has 5 heteroatoms. The fraction of sp³-hybridized carbons (Fsp3) is 0.125. The smallest absolute Gasteiger partial charge is 0.271 e. The van der Waals surface area contributed by atoms with Gasteiger partial charge in [-0.25, -0.2) is 4.99 Å².